The number of nitrogens with one attached hydrogen (secondary N) is 1. The molecule has 0 heterocycles. The molecule has 0 aromatic heterocycles. The second kappa shape index (κ2) is 5.15. The van der Waals surface area contributed by atoms with Crippen molar-refractivity contribution in [3.63, 3.8) is 0 Å². The van der Waals surface area contributed by atoms with Gasteiger partial charge in [0.1, 0.15) is 0 Å². The van der Waals surface area contributed by atoms with E-state index in [2.05, 4.69) is 47.2 Å². The Hall–Kier alpha value is -0.0500. The summed E-state index contributed by atoms with van der Waals surface area (Å²) >= 11 is 9.37. The first-order chi connectivity index (χ1) is 6.56. The van der Waals surface area contributed by atoms with E-state index < -0.39 is 0 Å². The summed E-state index contributed by atoms with van der Waals surface area (Å²) in [6.45, 7) is 4.40. The monoisotopic (exact) mass is 275 g/mol. The highest BCUT2D eigenvalue weighted by Crippen LogP contribution is 2.28. The number of rotatable bonds is 3. The maximum atomic E-state index is 5.94. The molecule has 1 aromatic rings. The third-order valence-corrected chi connectivity index (χ3v) is 3.49. The fourth-order valence-electron chi connectivity index (χ4n) is 1.59. The normalized spacial score (nSPS) is 13.3. The minimum atomic E-state index is 0.378. The fourth-order valence-corrected chi connectivity index (χ4v) is 2.10. The molecule has 0 aliphatic rings. The quantitative estimate of drug-likeness (QED) is 0.879. The lowest BCUT2D eigenvalue weighted by atomic mass is 9.96. The van der Waals surface area contributed by atoms with Crippen molar-refractivity contribution >= 4 is 27.5 Å². The van der Waals surface area contributed by atoms with Crippen LogP contribution in [-0.4, -0.2) is 7.05 Å². The predicted octanol–water partition coefficient (Wildman–Crippen LogP) is 4.02. The van der Waals surface area contributed by atoms with Gasteiger partial charge in [-0.2, -0.15) is 0 Å². The van der Waals surface area contributed by atoms with E-state index in [1.54, 1.807) is 0 Å². The zero-order valence-electron chi connectivity index (χ0n) is 8.64. The molecule has 0 saturated carbocycles. The van der Waals surface area contributed by atoms with Gasteiger partial charge >= 0.3 is 0 Å². The van der Waals surface area contributed by atoms with Crippen molar-refractivity contribution < 1.29 is 0 Å². The predicted molar refractivity (Wildman–Crippen MR) is 65.8 cm³/mol. The van der Waals surface area contributed by atoms with Crippen LogP contribution in [0.25, 0.3) is 0 Å². The summed E-state index contributed by atoms with van der Waals surface area (Å²) in [5, 5.41) is 4.06. The Morgan fingerprint density at radius 3 is 2.43 bits per heavy atom. The first-order valence-electron chi connectivity index (χ1n) is 4.68. The molecule has 1 aromatic carbocycles. The molecule has 0 radical (unpaired) electrons. The van der Waals surface area contributed by atoms with E-state index >= 15 is 0 Å². The summed E-state index contributed by atoms with van der Waals surface area (Å²) in [6, 6.07) is 6.44. The highest BCUT2D eigenvalue weighted by molar-refractivity contribution is 9.10. The molecule has 0 aliphatic carbocycles. The van der Waals surface area contributed by atoms with Gasteiger partial charge in [0.2, 0.25) is 0 Å². The first-order valence-corrected chi connectivity index (χ1v) is 5.85. The van der Waals surface area contributed by atoms with Crippen LogP contribution in [0.4, 0.5) is 0 Å². The van der Waals surface area contributed by atoms with Crippen LogP contribution in [0.5, 0.6) is 0 Å². The summed E-state index contributed by atoms with van der Waals surface area (Å²) in [6.07, 6.45) is 0. The van der Waals surface area contributed by atoms with Crippen LogP contribution in [-0.2, 0) is 0 Å². The maximum absolute atomic E-state index is 5.94. The lowest BCUT2D eigenvalue weighted by molar-refractivity contribution is 0.443. The largest absolute Gasteiger partial charge is 0.313 e. The number of hydrogen-bond donors (Lipinski definition) is 1. The van der Waals surface area contributed by atoms with E-state index in [1.807, 2.05) is 13.1 Å². The van der Waals surface area contributed by atoms with Crippen molar-refractivity contribution in [1.29, 1.82) is 0 Å². The number of hydrogen-bond acceptors (Lipinski definition) is 1. The van der Waals surface area contributed by atoms with Gasteiger partial charge in [-0.15, -0.1) is 0 Å². The Balaban J connectivity index is 3.00. The Morgan fingerprint density at radius 1 is 1.36 bits per heavy atom. The average molecular weight is 277 g/mol. The summed E-state index contributed by atoms with van der Waals surface area (Å²) in [7, 11) is 1.98. The van der Waals surface area contributed by atoms with Gasteiger partial charge in [-0.1, -0.05) is 31.5 Å². The van der Waals surface area contributed by atoms with Gasteiger partial charge in [0.15, 0.2) is 0 Å². The molecule has 3 heteroatoms. The lowest BCUT2D eigenvalue weighted by Crippen LogP contribution is -2.21. The minimum absolute atomic E-state index is 0.378. The molecule has 1 nitrogen and oxygen atoms in total. The zero-order valence-corrected chi connectivity index (χ0v) is 11.0. The molecule has 0 amide bonds. The summed E-state index contributed by atoms with van der Waals surface area (Å²) in [5.74, 6) is 0.563. The van der Waals surface area contributed by atoms with Crippen molar-refractivity contribution in [1.82, 2.24) is 5.32 Å². The van der Waals surface area contributed by atoms with E-state index in [1.165, 1.54) is 5.56 Å². The van der Waals surface area contributed by atoms with Crippen LogP contribution in [0.15, 0.2) is 22.7 Å². The first kappa shape index (κ1) is 12.0. The third kappa shape index (κ3) is 2.72. The highest BCUT2D eigenvalue weighted by atomic mass is 79.9. The third-order valence-electron chi connectivity index (χ3n) is 2.28. The number of benzene rings is 1. The van der Waals surface area contributed by atoms with Crippen molar-refractivity contribution in [2.75, 3.05) is 7.05 Å². The van der Waals surface area contributed by atoms with E-state index in [0.29, 0.717) is 12.0 Å². The van der Waals surface area contributed by atoms with E-state index in [9.17, 15) is 0 Å². The summed E-state index contributed by atoms with van der Waals surface area (Å²) < 4.78 is 0.956. The van der Waals surface area contributed by atoms with E-state index in [4.69, 9.17) is 11.6 Å². The highest BCUT2D eigenvalue weighted by Gasteiger charge is 2.13. The molecule has 0 spiro atoms. The van der Waals surface area contributed by atoms with Crippen LogP contribution < -0.4 is 5.32 Å². The molecule has 78 valence electrons. The molecule has 0 fully saturated rings. The molecule has 1 atom stereocenters. The second-order valence-corrected chi connectivity index (χ2v) is 4.95. The second-order valence-electron chi connectivity index (χ2n) is 3.68. The molecule has 1 rings (SSSR count). The molecule has 1 N–H and O–H groups in total. The van der Waals surface area contributed by atoms with E-state index in [-0.39, 0.29) is 0 Å². The van der Waals surface area contributed by atoms with Gasteiger partial charge in [-0.05, 0) is 46.6 Å². The zero-order chi connectivity index (χ0) is 10.7. The minimum Gasteiger partial charge on any atom is -0.313 e. The maximum Gasteiger partial charge on any atom is 0.0548 e. The van der Waals surface area contributed by atoms with Gasteiger partial charge in [0.25, 0.3) is 0 Å². The number of halogens is 2. The molecule has 0 bridgehead atoms. The lowest BCUT2D eigenvalue weighted by Gasteiger charge is -2.21. The molecule has 14 heavy (non-hydrogen) atoms. The SMILES string of the molecule is CNC(c1ccc(Cl)c(Br)c1)C(C)C. The Kier molecular flexibility index (Phi) is 4.42. The smallest absolute Gasteiger partial charge is 0.0548 e. The topological polar surface area (TPSA) is 12.0 Å². The van der Waals surface area contributed by atoms with Crippen LogP contribution >= 0.6 is 27.5 Å². The molecular formula is C11H15BrClN. The summed E-state index contributed by atoms with van der Waals surface area (Å²) in [4.78, 5) is 0. The van der Waals surface area contributed by atoms with Gasteiger partial charge in [0, 0.05) is 10.5 Å². The molecular weight excluding hydrogens is 261 g/mol. The van der Waals surface area contributed by atoms with Crippen molar-refractivity contribution in [2.45, 2.75) is 19.9 Å². The van der Waals surface area contributed by atoms with Crippen LogP contribution in [0.1, 0.15) is 25.5 Å². The standard InChI is InChI=1S/C11H15BrClN/c1-7(2)11(14-3)8-4-5-10(13)9(12)6-8/h4-7,11,14H,1-3H3. The van der Waals surface area contributed by atoms with Gasteiger partial charge in [-0.25, -0.2) is 0 Å². The van der Waals surface area contributed by atoms with Crippen molar-refractivity contribution in [3.8, 4) is 0 Å². The Labute approximate surface area is 99.0 Å². The Morgan fingerprint density at radius 2 is 2.00 bits per heavy atom. The van der Waals surface area contributed by atoms with Gasteiger partial charge < -0.3 is 5.32 Å². The molecule has 0 saturated heterocycles. The summed E-state index contributed by atoms with van der Waals surface area (Å²) in [5.41, 5.74) is 1.26. The van der Waals surface area contributed by atoms with Crippen molar-refractivity contribution in [3.05, 3.63) is 33.3 Å². The van der Waals surface area contributed by atoms with E-state index in [0.717, 1.165) is 9.50 Å². The molecule has 1 unspecified atom stereocenters. The fraction of sp³-hybridized carbons (Fsp3) is 0.455. The Bertz CT molecular complexity index is 312. The van der Waals surface area contributed by atoms with Gasteiger partial charge in [0.05, 0.1) is 5.02 Å². The van der Waals surface area contributed by atoms with Crippen molar-refractivity contribution in [2.24, 2.45) is 5.92 Å². The average Bonchev–Trinajstić information content (AvgIpc) is 2.11. The molecule has 0 aliphatic heterocycles. The van der Waals surface area contributed by atoms with Crippen LogP contribution in [0.3, 0.4) is 0 Å². The van der Waals surface area contributed by atoms with Crippen LogP contribution in [0.2, 0.25) is 5.02 Å². The van der Waals surface area contributed by atoms with Crippen LogP contribution in [0, 0.1) is 5.92 Å². The van der Waals surface area contributed by atoms with Gasteiger partial charge in [-0.3, -0.25) is 0 Å².